The third-order valence-electron chi connectivity index (χ3n) is 4.27. The summed E-state index contributed by atoms with van der Waals surface area (Å²) in [6.45, 7) is 0. The molecule has 0 saturated heterocycles. The average molecular weight is 369 g/mol. The third-order valence-corrected chi connectivity index (χ3v) is 4.27. The van der Waals surface area contributed by atoms with Crippen LogP contribution in [-0.4, -0.2) is 21.9 Å². The van der Waals surface area contributed by atoms with E-state index in [9.17, 15) is 13.2 Å². The van der Waals surface area contributed by atoms with E-state index in [1.165, 1.54) is 29.1 Å². The van der Waals surface area contributed by atoms with E-state index in [-0.39, 0.29) is 22.3 Å². The van der Waals surface area contributed by atoms with Gasteiger partial charge in [0.1, 0.15) is 17.3 Å². The van der Waals surface area contributed by atoms with E-state index < -0.39 is 12.2 Å². The molecule has 7 heteroatoms. The van der Waals surface area contributed by atoms with Gasteiger partial charge in [-0.05, 0) is 42.5 Å². The van der Waals surface area contributed by atoms with Crippen LogP contribution < -0.4 is 4.74 Å². The maximum absolute atomic E-state index is 14.2. The van der Waals surface area contributed by atoms with Crippen LogP contribution in [0.4, 0.5) is 13.2 Å². The predicted molar refractivity (Wildman–Crippen MR) is 95.8 cm³/mol. The fourth-order valence-electron chi connectivity index (χ4n) is 2.91. The highest BCUT2D eigenvalue weighted by molar-refractivity contribution is 5.84. The standard InChI is InChI=1S/C20H14F3N3O/c1-27-13-8-6-12(7-9-13)17-10-14(19(22)23)15-11-24-26(20(15)25-17)18-5-3-2-4-16(18)21/h2-11,19H,1H3. The molecule has 0 N–H and O–H groups in total. The quantitative estimate of drug-likeness (QED) is 0.498. The molecule has 2 heterocycles. The van der Waals surface area contributed by atoms with Gasteiger partial charge < -0.3 is 4.74 Å². The number of aromatic nitrogens is 3. The molecule has 4 rings (SSSR count). The number of para-hydroxylation sites is 1. The Balaban J connectivity index is 1.96. The van der Waals surface area contributed by atoms with Gasteiger partial charge in [-0.2, -0.15) is 5.10 Å². The first-order valence-corrected chi connectivity index (χ1v) is 8.14. The molecule has 0 aliphatic heterocycles. The summed E-state index contributed by atoms with van der Waals surface area (Å²) in [6.07, 6.45) is -1.43. The van der Waals surface area contributed by atoms with E-state index in [4.69, 9.17) is 4.74 Å². The molecule has 136 valence electrons. The molecule has 0 fully saturated rings. The minimum atomic E-state index is -2.72. The van der Waals surface area contributed by atoms with Gasteiger partial charge in [0.15, 0.2) is 5.65 Å². The second-order valence-electron chi connectivity index (χ2n) is 5.87. The van der Waals surface area contributed by atoms with Crippen molar-refractivity contribution in [3.05, 3.63) is 72.2 Å². The van der Waals surface area contributed by atoms with E-state index in [0.29, 0.717) is 17.0 Å². The van der Waals surface area contributed by atoms with Gasteiger partial charge >= 0.3 is 0 Å². The normalized spacial score (nSPS) is 11.3. The Morgan fingerprint density at radius 1 is 1.04 bits per heavy atom. The number of methoxy groups -OCH3 is 1. The molecule has 0 amide bonds. The van der Waals surface area contributed by atoms with Gasteiger partial charge in [0, 0.05) is 16.5 Å². The number of halogens is 3. The van der Waals surface area contributed by atoms with Crippen LogP contribution in [0.25, 0.3) is 28.0 Å². The maximum atomic E-state index is 14.2. The van der Waals surface area contributed by atoms with E-state index in [2.05, 4.69) is 10.1 Å². The van der Waals surface area contributed by atoms with Crippen LogP contribution in [0.2, 0.25) is 0 Å². The largest absolute Gasteiger partial charge is 0.497 e. The number of benzene rings is 2. The second-order valence-corrected chi connectivity index (χ2v) is 5.87. The molecule has 0 saturated carbocycles. The smallest absolute Gasteiger partial charge is 0.264 e. The zero-order valence-corrected chi connectivity index (χ0v) is 14.2. The molecule has 0 aliphatic rings. The number of ether oxygens (including phenoxy) is 1. The summed E-state index contributed by atoms with van der Waals surface area (Å²) in [6, 6.07) is 14.2. The van der Waals surface area contributed by atoms with Gasteiger partial charge in [0.2, 0.25) is 0 Å². The molecule has 0 atom stereocenters. The highest BCUT2D eigenvalue weighted by atomic mass is 19.3. The Kier molecular flexibility index (Phi) is 4.27. The van der Waals surface area contributed by atoms with Crippen molar-refractivity contribution in [2.75, 3.05) is 7.11 Å². The van der Waals surface area contributed by atoms with Crippen LogP contribution in [0.15, 0.2) is 60.8 Å². The van der Waals surface area contributed by atoms with Crippen molar-refractivity contribution in [2.45, 2.75) is 6.43 Å². The Bertz CT molecular complexity index is 1110. The fourth-order valence-corrected chi connectivity index (χ4v) is 2.91. The minimum absolute atomic E-state index is 0.145. The first kappa shape index (κ1) is 17.1. The molecular weight excluding hydrogens is 355 g/mol. The Hall–Kier alpha value is -3.35. The van der Waals surface area contributed by atoms with Gasteiger partial charge in [0.05, 0.1) is 19.0 Å². The van der Waals surface area contributed by atoms with Crippen LogP contribution in [0.5, 0.6) is 5.75 Å². The summed E-state index contributed by atoms with van der Waals surface area (Å²) in [5, 5.41) is 4.28. The van der Waals surface area contributed by atoms with Gasteiger partial charge in [-0.3, -0.25) is 0 Å². The topological polar surface area (TPSA) is 39.9 Å². The molecule has 0 spiro atoms. The first-order valence-electron chi connectivity index (χ1n) is 8.14. The van der Waals surface area contributed by atoms with E-state index in [1.54, 1.807) is 43.5 Å². The number of alkyl halides is 2. The van der Waals surface area contributed by atoms with Crippen LogP contribution >= 0.6 is 0 Å². The van der Waals surface area contributed by atoms with Crippen LogP contribution in [-0.2, 0) is 0 Å². The highest BCUT2D eigenvalue weighted by Crippen LogP contribution is 2.32. The van der Waals surface area contributed by atoms with Gasteiger partial charge in [-0.25, -0.2) is 22.8 Å². The maximum Gasteiger partial charge on any atom is 0.264 e. The molecule has 0 radical (unpaired) electrons. The molecule has 0 bridgehead atoms. The first-order chi connectivity index (χ1) is 13.1. The second kappa shape index (κ2) is 6.75. The lowest BCUT2D eigenvalue weighted by molar-refractivity contribution is 0.153. The van der Waals surface area contributed by atoms with Crippen LogP contribution in [0.1, 0.15) is 12.0 Å². The molecule has 4 aromatic rings. The van der Waals surface area contributed by atoms with Crippen molar-refractivity contribution in [3.8, 4) is 22.7 Å². The van der Waals surface area contributed by atoms with Gasteiger partial charge in [-0.1, -0.05) is 12.1 Å². The molecular formula is C20H14F3N3O. The summed E-state index contributed by atoms with van der Waals surface area (Å²) >= 11 is 0. The van der Waals surface area contributed by atoms with Crippen molar-refractivity contribution in [1.29, 1.82) is 0 Å². The van der Waals surface area contributed by atoms with Crippen molar-refractivity contribution in [2.24, 2.45) is 0 Å². The van der Waals surface area contributed by atoms with E-state index >= 15 is 0 Å². The number of rotatable bonds is 4. The fraction of sp³-hybridized carbons (Fsp3) is 0.100. The molecule has 4 nitrogen and oxygen atoms in total. The number of fused-ring (bicyclic) bond motifs is 1. The summed E-state index contributed by atoms with van der Waals surface area (Å²) in [5.41, 5.74) is 1.10. The van der Waals surface area contributed by atoms with E-state index in [0.717, 1.165) is 0 Å². The van der Waals surface area contributed by atoms with Crippen molar-refractivity contribution in [3.63, 3.8) is 0 Å². The Morgan fingerprint density at radius 2 is 1.78 bits per heavy atom. The highest BCUT2D eigenvalue weighted by Gasteiger charge is 2.20. The lowest BCUT2D eigenvalue weighted by Crippen LogP contribution is -2.02. The Morgan fingerprint density at radius 3 is 2.44 bits per heavy atom. The number of hydrogen-bond donors (Lipinski definition) is 0. The molecule has 0 aliphatic carbocycles. The Labute approximate surface area is 152 Å². The molecule has 2 aromatic carbocycles. The lowest BCUT2D eigenvalue weighted by Gasteiger charge is -2.09. The summed E-state index contributed by atoms with van der Waals surface area (Å²) in [4.78, 5) is 4.48. The average Bonchev–Trinajstić information content (AvgIpc) is 3.11. The predicted octanol–water partition coefficient (Wildman–Crippen LogP) is 5.17. The lowest BCUT2D eigenvalue weighted by atomic mass is 10.1. The minimum Gasteiger partial charge on any atom is -0.497 e. The summed E-state index contributed by atoms with van der Waals surface area (Å²) in [5.74, 6) is 0.128. The molecule has 27 heavy (non-hydrogen) atoms. The van der Waals surface area contributed by atoms with Crippen LogP contribution in [0, 0.1) is 5.82 Å². The van der Waals surface area contributed by atoms with Gasteiger partial charge in [-0.15, -0.1) is 0 Å². The van der Waals surface area contributed by atoms with Crippen molar-refractivity contribution < 1.29 is 17.9 Å². The summed E-state index contributed by atoms with van der Waals surface area (Å²) in [7, 11) is 1.54. The molecule has 0 unspecified atom stereocenters. The summed E-state index contributed by atoms with van der Waals surface area (Å²) < 4.78 is 47.8. The molecule has 2 aromatic heterocycles. The number of pyridine rings is 1. The SMILES string of the molecule is COc1ccc(-c2cc(C(F)F)c3cnn(-c4ccccc4F)c3n2)cc1. The monoisotopic (exact) mass is 369 g/mol. The third kappa shape index (κ3) is 3.01. The van der Waals surface area contributed by atoms with Gasteiger partial charge in [0.25, 0.3) is 6.43 Å². The van der Waals surface area contributed by atoms with Crippen LogP contribution in [0.3, 0.4) is 0 Å². The van der Waals surface area contributed by atoms with Crippen molar-refractivity contribution >= 4 is 11.0 Å². The van der Waals surface area contributed by atoms with E-state index in [1.807, 2.05) is 0 Å². The van der Waals surface area contributed by atoms with Crippen molar-refractivity contribution in [1.82, 2.24) is 14.8 Å². The number of nitrogens with zero attached hydrogens (tertiary/aromatic N) is 3. The number of hydrogen-bond acceptors (Lipinski definition) is 3. The zero-order valence-electron chi connectivity index (χ0n) is 14.2. The zero-order chi connectivity index (χ0) is 19.0.